The number of benzene rings is 2. The maximum atomic E-state index is 15.0. The lowest BCUT2D eigenvalue weighted by atomic mass is 9.76. The Morgan fingerprint density at radius 3 is 2.20 bits per heavy atom. The third-order valence-electron chi connectivity index (χ3n) is 6.84. The Morgan fingerprint density at radius 2 is 1.53 bits per heavy atom. The second-order valence-electron chi connectivity index (χ2n) is 8.84. The van der Waals surface area contributed by atoms with Gasteiger partial charge in [-0.15, -0.1) is 0 Å². The first-order chi connectivity index (χ1) is 14.5. The van der Waals surface area contributed by atoms with Gasteiger partial charge in [0.2, 0.25) is 0 Å². The van der Waals surface area contributed by atoms with Crippen molar-refractivity contribution in [3.05, 3.63) is 69.8 Å². The molecule has 0 bridgehead atoms. The van der Waals surface area contributed by atoms with Crippen molar-refractivity contribution in [2.75, 3.05) is 0 Å². The third kappa shape index (κ3) is 4.33. The Morgan fingerprint density at radius 1 is 0.833 bits per heavy atom. The van der Waals surface area contributed by atoms with Crippen molar-refractivity contribution in [1.29, 1.82) is 0 Å². The second-order valence-corrected chi connectivity index (χ2v) is 8.84. The molecule has 2 aliphatic carbocycles. The largest absolute Gasteiger partial charge is 0.207 e. The maximum Gasteiger partial charge on any atom is 0.133 e. The van der Waals surface area contributed by atoms with Crippen molar-refractivity contribution in [3.8, 4) is 0 Å². The van der Waals surface area contributed by atoms with E-state index in [1.165, 1.54) is 43.5 Å². The zero-order valence-electron chi connectivity index (χ0n) is 17.4. The van der Waals surface area contributed by atoms with E-state index in [2.05, 4.69) is 6.92 Å². The predicted octanol–water partition coefficient (Wildman–Crippen LogP) is 8.19. The van der Waals surface area contributed by atoms with Crippen LogP contribution in [0.2, 0.25) is 0 Å². The lowest BCUT2D eigenvalue weighted by molar-refractivity contribution is 0.303. The minimum absolute atomic E-state index is 0.0642. The van der Waals surface area contributed by atoms with Gasteiger partial charge in [-0.2, -0.15) is 0 Å². The van der Waals surface area contributed by atoms with Gasteiger partial charge in [-0.1, -0.05) is 32.3 Å². The van der Waals surface area contributed by atoms with Crippen LogP contribution in [0.5, 0.6) is 0 Å². The van der Waals surface area contributed by atoms with Gasteiger partial charge < -0.3 is 0 Å². The van der Waals surface area contributed by atoms with Crippen molar-refractivity contribution in [2.24, 2.45) is 5.92 Å². The molecule has 0 amide bonds. The molecule has 0 N–H and O–H groups in total. The molecule has 1 fully saturated rings. The van der Waals surface area contributed by atoms with E-state index in [0.29, 0.717) is 29.5 Å². The lowest BCUT2D eigenvalue weighted by Gasteiger charge is -2.29. The number of hydrogen-bond donors (Lipinski definition) is 0. The molecule has 2 aromatic carbocycles. The Balaban J connectivity index is 1.56. The van der Waals surface area contributed by atoms with Gasteiger partial charge in [0.25, 0.3) is 0 Å². The van der Waals surface area contributed by atoms with Crippen LogP contribution in [0.25, 0.3) is 11.6 Å². The highest BCUT2D eigenvalue weighted by atomic mass is 19.1. The van der Waals surface area contributed by atoms with Crippen LogP contribution < -0.4 is 0 Å². The minimum atomic E-state index is -0.686. The molecule has 0 radical (unpaired) electrons. The molecule has 4 heteroatoms. The molecular formula is C26H28F4. The summed E-state index contributed by atoms with van der Waals surface area (Å²) in [5.74, 6) is -1.51. The first-order valence-corrected chi connectivity index (χ1v) is 11.1. The van der Waals surface area contributed by atoms with Crippen LogP contribution in [0.1, 0.15) is 86.5 Å². The standard InChI is InChI=1S/C26H28F4/c1-2-3-4-16-5-7-17(8-6-16)19-13-24(29)26(25(30)14-19)18-9-10-22-20(11-18)12-21(27)15-23(22)28/h11-17H,2-10H2,1H3. The molecule has 0 saturated heterocycles. The average molecular weight is 417 g/mol. The first-order valence-electron chi connectivity index (χ1n) is 11.1. The van der Waals surface area contributed by atoms with Crippen molar-refractivity contribution in [2.45, 2.75) is 70.6 Å². The highest BCUT2D eigenvalue weighted by molar-refractivity contribution is 5.85. The smallest absolute Gasteiger partial charge is 0.133 e. The van der Waals surface area contributed by atoms with Crippen LogP contribution in [0.15, 0.2) is 24.3 Å². The Hall–Kier alpha value is -2.10. The van der Waals surface area contributed by atoms with E-state index in [1.807, 2.05) is 0 Å². The van der Waals surface area contributed by atoms with Crippen LogP contribution in [0.4, 0.5) is 17.6 Å². The van der Waals surface area contributed by atoms with E-state index in [4.69, 9.17) is 0 Å². The summed E-state index contributed by atoms with van der Waals surface area (Å²) in [6.07, 6.45) is 10.0. The van der Waals surface area contributed by atoms with Gasteiger partial charge in [0.1, 0.15) is 23.3 Å². The molecular weight excluding hydrogens is 388 g/mol. The van der Waals surface area contributed by atoms with Gasteiger partial charge in [-0.25, -0.2) is 17.6 Å². The summed E-state index contributed by atoms with van der Waals surface area (Å²) in [6, 6.07) is 5.01. The molecule has 0 unspecified atom stereocenters. The monoisotopic (exact) mass is 416 g/mol. The summed E-state index contributed by atoms with van der Waals surface area (Å²) in [6.45, 7) is 2.20. The van der Waals surface area contributed by atoms with E-state index in [9.17, 15) is 17.6 Å². The molecule has 2 aliphatic rings. The fourth-order valence-electron chi connectivity index (χ4n) is 5.15. The van der Waals surface area contributed by atoms with E-state index in [-0.39, 0.29) is 11.5 Å². The quantitative estimate of drug-likeness (QED) is 0.431. The number of rotatable bonds is 5. The summed E-state index contributed by atoms with van der Waals surface area (Å²) >= 11 is 0. The van der Waals surface area contributed by atoms with Crippen LogP contribution in [-0.4, -0.2) is 0 Å². The van der Waals surface area contributed by atoms with E-state index >= 15 is 0 Å². The van der Waals surface area contributed by atoms with Gasteiger partial charge in [0.15, 0.2) is 0 Å². The molecule has 0 atom stereocenters. The van der Waals surface area contributed by atoms with Gasteiger partial charge >= 0.3 is 0 Å². The Bertz CT molecular complexity index is 929. The zero-order chi connectivity index (χ0) is 21.3. The second kappa shape index (κ2) is 8.95. The molecule has 4 rings (SSSR count). The van der Waals surface area contributed by atoms with Crippen molar-refractivity contribution >= 4 is 11.6 Å². The van der Waals surface area contributed by atoms with Crippen LogP contribution in [-0.2, 0) is 6.42 Å². The van der Waals surface area contributed by atoms with Gasteiger partial charge in [0, 0.05) is 11.6 Å². The number of unbranched alkanes of at least 4 members (excludes halogenated alkanes) is 1. The summed E-state index contributed by atoms with van der Waals surface area (Å²) in [5, 5.41) is 0. The number of halogens is 4. The third-order valence-corrected chi connectivity index (χ3v) is 6.84. The van der Waals surface area contributed by atoms with Gasteiger partial charge in [-0.3, -0.25) is 0 Å². The summed E-state index contributed by atoms with van der Waals surface area (Å²) < 4.78 is 57.5. The summed E-state index contributed by atoms with van der Waals surface area (Å²) in [4.78, 5) is 0. The zero-order valence-corrected chi connectivity index (χ0v) is 17.4. The van der Waals surface area contributed by atoms with E-state index in [0.717, 1.165) is 43.2 Å². The molecule has 0 heterocycles. The lowest BCUT2D eigenvalue weighted by Crippen LogP contribution is -2.14. The molecule has 0 aromatic heterocycles. The van der Waals surface area contributed by atoms with Crippen LogP contribution in [0.3, 0.4) is 0 Å². The normalized spacial score (nSPS) is 21.3. The molecule has 30 heavy (non-hydrogen) atoms. The number of allylic oxidation sites excluding steroid dienone is 1. The summed E-state index contributed by atoms with van der Waals surface area (Å²) in [7, 11) is 0. The Kier molecular flexibility index (Phi) is 6.31. The average Bonchev–Trinajstić information content (AvgIpc) is 2.71. The molecule has 0 aliphatic heterocycles. The maximum absolute atomic E-state index is 15.0. The molecule has 1 saturated carbocycles. The highest BCUT2D eigenvalue weighted by Gasteiger charge is 2.26. The van der Waals surface area contributed by atoms with Crippen LogP contribution >= 0.6 is 0 Å². The Labute approximate surface area is 176 Å². The molecule has 0 nitrogen and oxygen atoms in total. The fourth-order valence-corrected chi connectivity index (χ4v) is 5.15. The molecule has 0 spiro atoms. The highest BCUT2D eigenvalue weighted by Crippen LogP contribution is 2.40. The van der Waals surface area contributed by atoms with Crippen molar-refractivity contribution < 1.29 is 17.6 Å². The number of hydrogen-bond acceptors (Lipinski definition) is 0. The minimum Gasteiger partial charge on any atom is -0.207 e. The van der Waals surface area contributed by atoms with Crippen LogP contribution in [0, 0.1) is 29.2 Å². The van der Waals surface area contributed by atoms with Gasteiger partial charge in [-0.05, 0) is 90.8 Å². The van der Waals surface area contributed by atoms with Gasteiger partial charge in [0.05, 0.1) is 0 Å². The molecule has 160 valence electrons. The van der Waals surface area contributed by atoms with Crippen molar-refractivity contribution in [3.63, 3.8) is 0 Å². The predicted molar refractivity (Wildman–Crippen MR) is 113 cm³/mol. The fraction of sp³-hybridized carbons (Fsp3) is 0.462. The SMILES string of the molecule is CCCCC1CCC(c2cc(F)c(C3=Cc4cc(F)cc(F)c4CC3)c(F)c2)CC1. The molecule has 2 aromatic rings. The first kappa shape index (κ1) is 21.1. The van der Waals surface area contributed by atoms with E-state index in [1.54, 1.807) is 0 Å². The number of fused-ring (bicyclic) bond motifs is 1. The van der Waals surface area contributed by atoms with Crippen molar-refractivity contribution in [1.82, 2.24) is 0 Å². The summed E-state index contributed by atoms with van der Waals surface area (Å²) in [5.41, 5.74) is 1.89. The topological polar surface area (TPSA) is 0 Å². The van der Waals surface area contributed by atoms with E-state index < -0.39 is 23.3 Å².